The summed E-state index contributed by atoms with van der Waals surface area (Å²) in [4.78, 5) is 9.05. The summed E-state index contributed by atoms with van der Waals surface area (Å²) in [5.41, 5.74) is 1.92. The zero-order valence-corrected chi connectivity index (χ0v) is 11.5. The number of fused-ring (bicyclic) bond motifs is 1. The Labute approximate surface area is 114 Å². The second-order valence-corrected chi connectivity index (χ2v) is 5.65. The molecule has 1 fully saturated rings. The monoisotopic (exact) mass is 255 g/mol. The Morgan fingerprint density at radius 1 is 1.16 bits per heavy atom. The topological polar surface area (TPSA) is 37.8 Å². The Kier molecular flexibility index (Phi) is 3.62. The van der Waals surface area contributed by atoms with Gasteiger partial charge in [-0.1, -0.05) is 38.3 Å². The fourth-order valence-corrected chi connectivity index (χ4v) is 2.97. The summed E-state index contributed by atoms with van der Waals surface area (Å²) in [6.07, 6.45) is 7.33. The molecule has 0 bridgehead atoms. The van der Waals surface area contributed by atoms with Crippen molar-refractivity contribution in [1.82, 2.24) is 9.97 Å². The number of hydrogen-bond acceptors (Lipinski definition) is 3. The van der Waals surface area contributed by atoms with E-state index in [2.05, 4.69) is 22.2 Å². The van der Waals surface area contributed by atoms with Gasteiger partial charge in [-0.2, -0.15) is 0 Å². The van der Waals surface area contributed by atoms with E-state index in [9.17, 15) is 0 Å². The van der Waals surface area contributed by atoms with Gasteiger partial charge in [-0.3, -0.25) is 4.98 Å². The Balaban J connectivity index is 1.67. The van der Waals surface area contributed by atoms with Crippen LogP contribution in [-0.2, 0) is 0 Å². The molecule has 1 saturated carbocycles. The van der Waals surface area contributed by atoms with E-state index in [0.29, 0.717) is 0 Å². The van der Waals surface area contributed by atoms with E-state index >= 15 is 0 Å². The molecule has 0 spiro atoms. The van der Waals surface area contributed by atoms with Crippen molar-refractivity contribution in [3.63, 3.8) is 0 Å². The lowest BCUT2D eigenvalue weighted by Crippen LogP contribution is -2.24. The van der Waals surface area contributed by atoms with Crippen molar-refractivity contribution in [2.75, 3.05) is 11.9 Å². The van der Waals surface area contributed by atoms with Crippen LogP contribution in [-0.4, -0.2) is 16.5 Å². The van der Waals surface area contributed by atoms with Crippen LogP contribution in [0.2, 0.25) is 0 Å². The van der Waals surface area contributed by atoms with Crippen molar-refractivity contribution < 1.29 is 0 Å². The minimum atomic E-state index is 0.780. The lowest BCUT2D eigenvalue weighted by Gasteiger charge is -2.28. The van der Waals surface area contributed by atoms with Crippen LogP contribution < -0.4 is 5.32 Å². The molecule has 0 saturated heterocycles. The van der Waals surface area contributed by atoms with Crippen molar-refractivity contribution in [1.29, 1.82) is 0 Å². The fraction of sp³-hybridized carbons (Fsp3) is 0.500. The van der Waals surface area contributed by atoms with Crippen LogP contribution in [0.1, 0.15) is 32.6 Å². The van der Waals surface area contributed by atoms with Crippen molar-refractivity contribution in [3.05, 3.63) is 30.5 Å². The maximum Gasteiger partial charge on any atom is 0.145 e. The molecule has 3 nitrogen and oxygen atoms in total. The summed E-state index contributed by atoms with van der Waals surface area (Å²) >= 11 is 0. The van der Waals surface area contributed by atoms with Gasteiger partial charge in [0.15, 0.2) is 0 Å². The number of nitrogens with zero attached hydrogens (tertiary/aromatic N) is 2. The summed E-state index contributed by atoms with van der Waals surface area (Å²) < 4.78 is 0. The molecular formula is C16H21N3. The molecule has 1 aromatic heterocycles. The fourth-order valence-electron chi connectivity index (χ4n) is 2.97. The van der Waals surface area contributed by atoms with Crippen molar-refractivity contribution in [2.24, 2.45) is 11.8 Å². The first-order chi connectivity index (χ1) is 9.33. The molecule has 1 heterocycles. The minimum absolute atomic E-state index is 0.780. The first-order valence-electron chi connectivity index (χ1n) is 7.28. The molecule has 19 heavy (non-hydrogen) atoms. The third kappa shape index (κ3) is 2.86. The summed E-state index contributed by atoms with van der Waals surface area (Å²) in [6.45, 7) is 3.39. The third-order valence-corrected chi connectivity index (χ3v) is 4.28. The van der Waals surface area contributed by atoms with Gasteiger partial charge in [0.25, 0.3) is 0 Å². The average Bonchev–Trinajstić information content (AvgIpc) is 2.46. The lowest BCUT2D eigenvalue weighted by molar-refractivity contribution is 0.268. The molecule has 1 aromatic carbocycles. The van der Waals surface area contributed by atoms with E-state index in [1.54, 1.807) is 0 Å². The molecule has 2 atom stereocenters. The van der Waals surface area contributed by atoms with Crippen molar-refractivity contribution >= 4 is 16.9 Å². The van der Waals surface area contributed by atoms with Crippen LogP contribution in [0.15, 0.2) is 30.5 Å². The van der Waals surface area contributed by atoms with Crippen molar-refractivity contribution in [3.8, 4) is 0 Å². The predicted molar refractivity (Wildman–Crippen MR) is 79.1 cm³/mol. The molecule has 100 valence electrons. The van der Waals surface area contributed by atoms with Crippen LogP contribution in [0.25, 0.3) is 11.0 Å². The van der Waals surface area contributed by atoms with Gasteiger partial charge >= 0.3 is 0 Å². The molecule has 2 aromatic rings. The highest BCUT2D eigenvalue weighted by Crippen LogP contribution is 2.29. The van der Waals surface area contributed by atoms with Crippen LogP contribution in [0.4, 0.5) is 5.82 Å². The van der Waals surface area contributed by atoms with Crippen LogP contribution in [0.5, 0.6) is 0 Å². The van der Waals surface area contributed by atoms with Gasteiger partial charge in [0, 0.05) is 6.54 Å². The summed E-state index contributed by atoms with van der Waals surface area (Å²) in [5.74, 6) is 2.51. The number of para-hydroxylation sites is 2. The molecule has 1 aliphatic rings. The maximum absolute atomic E-state index is 4.61. The zero-order valence-electron chi connectivity index (χ0n) is 11.5. The van der Waals surface area contributed by atoms with Crippen LogP contribution in [0.3, 0.4) is 0 Å². The Morgan fingerprint density at radius 3 is 2.79 bits per heavy atom. The summed E-state index contributed by atoms with van der Waals surface area (Å²) in [6, 6.07) is 8.00. The molecular weight excluding hydrogens is 234 g/mol. The van der Waals surface area contributed by atoms with Gasteiger partial charge in [-0.25, -0.2) is 4.98 Å². The molecule has 1 aliphatic carbocycles. The predicted octanol–water partition coefficient (Wildman–Crippen LogP) is 3.87. The Morgan fingerprint density at radius 2 is 1.95 bits per heavy atom. The number of anilines is 1. The molecule has 3 rings (SSSR count). The van der Waals surface area contributed by atoms with E-state index in [1.165, 1.54) is 25.7 Å². The summed E-state index contributed by atoms with van der Waals surface area (Å²) in [7, 11) is 0. The van der Waals surface area contributed by atoms with E-state index in [0.717, 1.165) is 35.2 Å². The average molecular weight is 255 g/mol. The highest BCUT2D eigenvalue weighted by molar-refractivity contribution is 5.75. The number of benzene rings is 1. The number of rotatable bonds is 3. The highest BCUT2D eigenvalue weighted by Gasteiger charge is 2.20. The van der Waals surface area contributed by atoms with E-state index in [-0.39, 0.29) is 0 Å². The summed E-state index contributed by atoms with van der Waals surface area (Å²) in [5, 5.41) is 3.46. The molecule has 3 heteroatoms. The number of hydrogen-bond donors (Lipinski definition) is 1. The number of aromatic nitrogens is 2. The van der Waals surface area contributed by atoms with E-state index in [4.69, 9.17) is 0 Å². The second-order valence-electron chi connectivity index (χ2n) is 5.65. The minimum Gasteiger partial charge on any atom is -0.368 e. The molecule has 0 amide bonds. The molecule has 2 unspecified atom stereocenters. The van der Waals surface area contributed by atoms with Crippen LogP contribution in [0, 0.1) is 11.8 Å². The van der Waals surface area contributed by atoms with Gasteiger partial charge in [-0.05, 0) is 30.4 Å². The largest absolute Gasteiger partial charge is 0.368 e. The Hall–Kier alpha value is -1.64. The maximum atomic E-state index is 4.61. The SMILES string of the molecule is CC1CCCCC1CNc1cnc2ccccc2n1. The Bertz CT molecular complexity index is 552. The lowest BCUT2D eigenvalue weighted by atomic mass is 9.80. The van der Waals surface area contributed by atoms with Gasteiger partial charge in [-0.15, -0.1) is 0 Å². The van der Waals surface area contributed by atoms with E-state index < -0.39 is 0 Å². The highest BCUT2D eigenvalue weighted by atomic mass is 15.0. The molecule has 0 aliphatic heterocycles. The number of nitrogens with one attached hydrogen (secondary N) is 1. The van der Waals surface area contributed by atoms with E-state index in [1.807, 2.05) is 30.5 Å². The van der Waals surface area contributed by atoms with Crippen molar-refractivity contribution in [2.45, 2.75) is 32.6 Å². The second kappa shape index (κ2) is 5.55. The smallest absolute Gasteiger partial charge is 0.145 e. The normalized spacial score (nSPS) is 23.4. The zero-order chi connectivity index (χ0) is 13.1. The first-order valence-corrected chi connectivity index (χ1v) is 7.28. The van der Waals surface area contributed by atoms with Gasteiger partial charge in [0.1, 0.15) is 5.82 Å². The van der Waals surface area contributed by atoms with Gasteiger partial charge in [0.2, 0.25) is 0 Å². The molecule has 0 radical (unpaired) electrons. The first kappa shape index (κ1) is 12.4. The molecule has 1 N–H and O–H groups in total. The van der Waals surface area contributed by atoms with Gasteiger partial charge in [0.05, 0.1) is 17.2 Å². The third-order valence-electron chi connectivity index (χ3n) is 4.28. The van der Waals surface area contributed by atoms with Crippen LogP contribution >= 0.6 is 0 Å². The quantitative estimate of drug-likeness (QED) is 0.904. The standard InChI is InChI=1S/C16H21N3/c1-12-6-2-3-7-13(12)10-18-16-11-17-14-8-4-5-9-15(14)19-16/h4-5,8-9,11-13H,2-3,6-7,10H2,1H3,(H,18,19). The van der Waals surface area contributed by atoms with Gasteiger partial charge < -0.3 is 5.32 Å².